The van der Waals surface area contributed by atoms with Crippen molar-refractivity contribution in [3.63, 3.8) is 0 Å². The number of halogens is 2. The average Bonchev–Trinajstić information content (AvgIpc) is 2.67. The molecule has 0 saturated heterocycles. The SMILES string of the molecule is Cc1nn(C)c(Cl)c1CN(CCBr)Cc1ccccc1. The molecule has 0 aliphatic rings. The third-order valence-electron chi connectivity index (χ3n) is 3.30. The molecule has 1 heterocycles. The summed E-state index contributed by atoms with van der Waals surface area (Å²) in [5.74, 6) is 0. The molecular weight excluding hydrogens is 338 g/mol. The van der Waals surface area contributed by atoms with Crippen LogP contribution in [-0.4, -0.2) is 26.6 Å². The molecule has 0 spiro atoms. The molecule has 20 heavy (non-hydrogen) atoms. The minimum absolute atomic E-state index is 0.732. The Hall–Kier alpha value is -0.840. The van der Waals surface area contributed by atoms with Gasteiger partial charge in [0.15, 0.2) is 0 Å². The molecule has 2 aromatic rings. The van der Waals surface area contributed by atoms with E-state index in [1.54, 1.807) is 4.68 Å². The van der Waals surface area contributed by atoms with Gasteiger partial charge in [0.2, 0.25) is 0 Å². The van der Waals surface area contributed by atoms with Gasteiger partial charge in [-0.15, -0.1) is 0 Å². The third kappa shape index (κ3) is 3.84. The molecule has 0 radical (unpaired) electrons. The molecule has 0 aliphatic carbocycles. The van der Waals surface area contributed by atoms with Gasteiger partial charge in [0, 0.05) is 37.6 Å². The summed E-state index contributed by atoms with van der Waals surface area (Å²) < 4.78 is 1.74. The summed E-state index contributed by atoms with van der Waals surface area (Å²) in [5, 5.41) is 6.05. The standard InChI is InChI=1S/C15H19BrClN3/c1-12-14(15(17)19(2)18-12)11-20(9-8-16)10-13-6-4-3-5-7-13/h3-7H,8-11H2,1-2H3. The van der Waals surface area contributed by atoms with Crippen LogP contribution in [0.2, 0.25) is 5.15 Å². The second-order valence-electron chi connectivity index (χ2n) is 4.86. The van der Waals surface area contributed by atoms with Crippen LogP contribution in [0.25, 0.3) is 0 Å². The Morgan fingerprint density at radius 3 is 2.50 bits per heavy atom. The smallest absolute Gasteiger partial charge is 0.131 e. The van der Waals surface area contributed by atoms with Crippen molar-refractivity contribution in [2.45, 2.75) is 20.0 Å². The lowest BCUT2D eigenvalue weighted by Gasteiger charge is -2.21. The van der Waals surface area contributed by atoms with Crippen molar-refractivity contribution in [1.82, 2.24) is 14.7 Å². The van der Waals surface area contributed by atoms with E-state index in [1.807, 2.05) is 20.0 Å². The molecule has 0 fully saturated rings. The Kier molecular flexibility index (Phi) is 5.64. The Labute approximate surface area is 133 Å². The first-order valence-corrected chi connectivity index (χ1v) is 8.12. The predicted molar refractivity (Wildman–Crippen MR) is 87.3 cm³/mol. The van der Waals surface area contributed by atoms with Crippen molar-refractivity contribution in [2.75, 3.05) is 11.9 Å². The van der Waals surface area contributed by atoms with Gasteiger partial charge >= 0.3 is 0 Å². The van der Waals surface area contributed by atoms with E-state index < -0.39 is 0 Å². The Morgan fingerprint density at radius 1 is 1.25 bits per heavy atom. The highest BCUT2D eigenvalue weighted by Gasteiger charge is 2.15. The first kappa shape index (κ1) is 15.5. The van der Waals surface area contributed by atoms with Crippen LogP contribution in [0.5, 0.6) is 0 Å². The molecule has 0 N–H and O–H groups in total. The van der Waals surface area contributed by atoms with Crippen molar-refractivity contribution in [3.8, 4) is 0 Å². The van der Waals surface area contributed by atoms with Gasteiger partial charge < -0.3 is 0 Å². The molecule has 5 heteroatoms. The molecule has 108 valence electrons. The summed E-state index contributed by atoms with van der Waals surface area (Å²) in [6.45, 7) is 4.71. The molecule has 0 aliphatic heterocycles. The second kappa shape index (κ2) is 7.25. The predicted octanol–water partition coefficient (Wildman–Crippen LogP) is 3.78. The minimum atomic E-state index is 0.732. The largest absolute Gasteiger partial charge is 0.294 e. The summed E-state index contributed by atoms with van der Waals surface area (Å²) in [5.41, 5.74) is 3.43. The van der Waals surface area contributed by atoms with Gasteiger partial charge in [-0.3, -0.25) is 9.58 Å². The number of aryl methyl sites for hydroxylation is 2. The van der Waals surface area contributed by atoms with E-state index in [0.29, 0.717) is 0 Å². The molecule has 2 rings (SSSR count). The van der Waals surface area contributed by atoms with Gasteiger partial charge in [0.05, 0.1) is 5.69 Å². The van der Waals surface area contributed by atoms with Crippen molar-refractivity contribution in [1.29, 1.82) is 0 Å². The maximum atomic E-state index is 6.32. The van der Waals surface area contributed by atoms with Crippen LogP contribution >= 0.6 is 27.5 Å². The maximum absolute atomic E-state index is 6.32. The number of aromatic nitrogens is 2. The highest BCUT2D eigenvalue weighted by Crippen LogP contribution is 2.21. The van der Waals surface area contributed by atoms with E-state index in [0.717, 1.165) is 41.4 Å². The summed E-state index contributed by atoms with van der Waals surface area (Å²) >= 11 is 9.85. The zero-order valence-corrected chi connectivity index (χ0v) is 14.2. The highest BCUT2D eigenvalue weighted by atomic mass is 79.9. The number of hydrogen-bond donors (Lipinski definition) is 0. The molecule has 0 saturated carbocycles. The van der Waals surface area contributed by atoms with Crippen LogP contribution in [0.15, 0.2) is 30.3 Å². The quantitative estimate of drug-likeness (QED) is 0.735. The van der Waals surface area contributed by atoms with Crippen LogP contribution in [0, 0.1) is 6.92 Å². The molecule has 0 unspecified atom stereocenters. The number of rotatable bonds is 6. The van der Waals surface area contributed by atoms with Gasteiger partial charge in [-0.05, 0) is 12.5 Å². The summed E-state index contributed by atoms with van der Waals surface area (Å²) in [4.78, 5) is 2.37. The summed E-state index contributed by atoms with van der Waals surface area (Å²) in [6.07, 6.45) is 0. The van der Waals surface area contributed by atoms with E-state index in [-0.39, 0.29) is 0 Å². The maximum Gasteiger partial charge on any atom is 0.131 e. The number of alkyl halides is 1. The van der Waals surface area contributed by atoms with Gasteiger partial charge in [-0.25, -0.2) is 0 Å². The Morgan fingerprint density at radius 2 is 1.95 bits per heavy atom. The molecule has 3 nitrogen and oxygen atoms in total. The minimum Gasteiger partial charge on any atom is -0.294 e. The van der Waals surface area contributed by atoms with E-state index in [1.165, 1.54) is 5.56 Å². The highest BCUT2D eigenvalue weighted by molar-refractivity contribution is 9.09. The van der Waals surface area contributed by atoms with E-state index in [2.05, 4.69) is 50.2 Å². The molecule has 0 atom stereocenters. The monoisotopic (exact) mass is 355 g/mol. The van der Waals surface area contributed by atoms with Crippen molar-refractivity contribution in [2.24, 2.45) is 7.05 Å². The fourth-order valence-electron chi connectivity index (χ4n) is 2.25. The molecular formula is C15H19BrClN3. The van der Waals surface area contributed by atoms with Crippen LogP contribution in [0.4, 0.5) is 0 Å². The van der Waals surface area contributed by atoms with Gasteiger partial charge in [0.1, 0.15) is 5.15 Å². The first-order chi connectivity index (χ1) is 9.61. The average molecular weight is 357 g/mol. The summed E-state index contributed by atoms with van der Waals surface area (Å²) in [6, 6.07) is 10.5. The Balaban J connectivity index is 2.13. The van der Waals surface area contributed by atoms with Crippen LogP contribution in [-0.2, 0) is 20.1 Å². The number of hydrogen-bond acceptors (Lipinski definition) is 2. The lowest BCUT2D eigenvalue weighted by atomic mass is 10.2. The normalized spacial score (nSPS) is 11.2. The van der Waals surface area contributed by atoms with Gasteiger partial charge in [0.25, 0.3) is 0 Å². The van der Waals surface area contributed by atoms with E-state index >= 15 is 0 Å². The molecule has 1 aromatic carbocycles. The van der Waals surface area contributed by atoms with Crippen molar-refractivity contribution < 1.29 is 0 Å². The van der Waals surface area contributed by atoms with Crippen molar-refractivity contribution in [3.05, 3.63) is 52.3 Å². The second-order valence-corrected chi connectivity index (χ2v) is 6.01. The first-order valence-electron chi connectivity index (χ1n) is 6.62. The van der Waals surface area contributed by atoms with E-state index in [9.17, 15) is 0 Å². The third-order valence-corrected chi connectivity index (χ3v) is 4.13. The number of nitrogens with zero attached hydrogens (tertiary/aromatic N) is 3. The zero-order valence-electron chi connectivity index (χ0n) is 11.8. The Bertz CT molecular complexity index is 554. The fraction of sp³-hybridized carbons (Fsp3) is 0.400. The zero-order chi connectivity index (χ0) is 14.5. The molecule has 0 amide bonds. The van der Waals surface area contributed by atoms with Crippen LogP contribution < -0.4 is 0 Å². The number of benzene rings is 1. The van der Waals surface area contributed by atoms with Crippen LogP contribution in [0.3, 0.4) is 0 Å². The lowest BCUT2D eigenvalue weighted by molar-refractivity contribution is 0.274. The fourth-order valence-corrected chi connectivity index (χ4v) is 2.99. The van der Waals surface area contributed by atoms with Crippen LogP contribution in [0.1, 0.15) is 16.8 Å². The van der Waals surface area contributed by atoms with Crippen molar-refractivity contribution >= 4 is 27.5 Å². The topological polar surface area (TPSA) is 21.1 Å². The lowest BCUT2D eigenvalue weighted by Crippen LogP contribution is -2.25. The molecule has 1 aromatic heterocycles. The van der Waals surface area contributed by atoms with Gasteiger partial charge in [-0.1, -0.05) is 57.9 Å². The summed E-state index contributed by atoms with van der Waals surface area (Å²) in [7, 11) is 1.88. The van der Waals surface area contributed by atoms with E-state index in [4.69, 9.17) is 11.6 Å². The van der Waals surface area contributed by atoms with Gasteiger partial charge in [-0.2, -0.15) is 5.10 Å². The molecule has 0 bridgehead atoms.